The van der Waals surface area contributed by atoms with Crippen molar-refractivity contribution in [2.45, 2.75) is 6.54 Å². The highest BCUT2D eigenvalue weighted by Crippen LogP contribution is 2.19. The lowest BCUT2D eigenvalue weighted by atomic mass is 10.0. The van der Waals surface area contributed by atoms with E-state index in [1.807, 2.05) is 6.07 Å². The van der Waals surface area contributed by atoms with Gasteiger partial charge in [0.1, 0.15) is 0 Å². The second-order valence-electron chi connectivity index (χ2n) is 4.50. The molecular weight excluding hydrogens is 202 g/mol. The Morgan fingerprint density at radius 2 is 2.31 bits per heavy atom. The Labute approximate surface area is 93.9 Å². The van der Waals surface area contributed by atoms with Crippen LogP contribution in [0.3, 0.4) is 0 Å². The predicted molar refractivity (Wildman–Crippen MR) is 61.9 cm³/mol. The Hall–Kier alpha value is -1.39. The van der Waals surface area contributed by atoms with Gasteiger partial charge in [0.05, 0.1) is 17.4 Å². The molecule has 4 nitrogen and oxygen atoms in total. The van der Waals surface area contributed by atoms with Crippen molar-refractivity contribution in [2.24, 2.45) is 5.92 Å². The van der Waals surface area contributed by atoms with E-state index in [0.717, 1.165) is 30.7 Å². The van der Waals surface area contributed by atoms with Gasteiger partial charge in [-0.05, 0) is 17.7 Å². The summed E-state index contributed by atoms with van der Waals surface area (Å²) >= 11 is 0. The fourth-order valence-electron chi connectivity index (χ4n) is 2.26. The lowest BCUT2D eigenvalue weighted by Crippen LogP contribution is -2.47. The summed E-state index contributed by atoms with van der Waals surface area (Å²) in [6, 6.07) is 6.31. The number of fused-ring (bicyclic) bond motifs is 1. The third kappa shape index (κ3) is 1.70. The Morgan fingerprint density at radius 1 is 1.44 bits per heavy atom. The fourth-order valence-corrected chi connectivity index (χ4v) is 2.26. The third-order valence-corrected chi connectivity index (χ3v) is 3.18. The first-order valence-corrected chi connectivity index (χ1v) is 5.60. The van der Waals surface area contributed by atoms with Crippen molar-refractivity contribution < 1.29 is 5.11 Å². The lowest BCUT2D eigenvalue weighted by Gasteiger charge is -2.38. The highest BCUT2D eigenvalue weighted by atomic mass is 16.3. The van der Waals surface area contributed by atoms with Crippen molar-refractivity contribution in [2.75, 3.05) is 19.7 Å². The average Bonchev–Trinajstić information content (AvgIpc) is 2.69. The minimum absolute atomic E-state index is 0.316. The van der Waals surface area contributed by atoms with Crippen molar-refractivity contribution >= 4 is 11.0 Å². The molecule has 1 aromatic carbocycles. The second kappa shape index (κ2) is 3.88. The van der Waals surface area contributed by atoms with Crippen LogP contribution in [-0.4, -0.2) is 39.7 Å². The third-order valence-electron chi connectivity index (χ3n) is 3.18. The molecule has 3 rings (SSSR count). The molecule has 2 N–H and O–H groups in total. The topological polar surface area (TPSA) is 52.1 Å². The number of imidazole rings is 1. The van der Waals surface area contributed by atoms with Gasteiger partial charge in [0, 0.05) is 32.2 Å². The Bertz CT molecular complexity index is 488. The van der Waals surface area contributed by atoms with Crippen LogP contribution in [0.1, 0.15) is 5.56 Å². The van der Waals surface area contributed by atoms with Gasteiger partial charge in [0.15, 0.2) is 0 Å². The number of likely N-dealkylation sites (tertiary alicyclic amines) is 1. The molecule has 0 bridgehead atoms. The van der Waals surface area contributed by atoms with E-state index in [1.54, 1.807) is 6.33 Å². The number of hydrogen-bond donors (Lipinski definition) is 2. The van der Waals surface area contributed by atoms with E-state index in [9.17, 15) is 0 Å². The number of aliphatic hydroxyl groups excluding tert-OH is 1. The molecule has 1 aliphatic rings. The smallest absolute Gasteiger partial charge is 0.0931 e. The molecule has 1 aromatic heterocycles. The number of rotatable bonds is 3. The maximum atomic E-state index is 8.94. The van der Waals surface area contributed by atoms with Crippen LogP contribution in [0.5, 0.6) is 0 Å². The number of aliphatic hydroxyl groups is 1. The van der Waals surface area contributed by atoms with E-state index in [4.69, 9.17) is 5.11 Å². The molecular formula is C12H15N3O. The normalized spacial score (nSPS) is 17.8. The Morgan fingerprint density at radius 3 is 3.12 bits per heavy atom. The summed E-state index contributed by atoms with van der Waals surface area (Å²) < 4.78 is 0. The van der Waals surface area contributed by atoms with Gasteiger partial charge in [0.25, 0.3) is 0 Å². The van der Waals surface area contributed by atoms with Crippen molar-refractivity contribution in [3.63, 3.8) is 0 Å². The molecule has 0 radical (unpaired) electrons. The number of nitrogens with one attached hydrogen (secondary N) is 1. The molecule has 2 heterocycles. The molecule has 0 saturated carbocycles. The van der Waals surface area contributed by atoms with Crippen LogP contribution in [0.4, 0.5) is 0 Å². The van der Waals surface area contributed by atoms with E-state index in [-0.39, 0.29) is 0 Å². The summed E-state index contributed by atoms with van der Waals surface area (Å²) in [4.78, 5) is 9.66. The van der Waals surface area contributed by atoms with Crippen LogP contribution >= 0.6 is 0 Å². The van der Waals surface area contributed by atoms with E-state index in [1.165, 1.54) is 5.56 Å². The monoisotopic (exact) mass is 217 g/mol. The van der Waals surface area contributed by atoms with Gasteiger partial charge in [-0.1, -0.05) is 6.07 Å². The van der Waals surface area contributed by atoms with E-state index < -0.39 is 0 Å². The highest BCUT2D eigenvalue weighted by Gasteiger charge is 2.25. The largest absolute Gasteiger partial charge is 0.396 e. The molecule has 2 aromatic rings. The highest BCUT2D eigenvalue weighted by molar-refractivity contribution is 5.74. The molecule has 4 heteroatoms. The Kier molecular flexibility index (Phi) is 2.38. The van der Waals surface area contributed by atoms with Crippen LogP contribution in [0, 0.1) is 5.92 Å². The maximum absolute atomic E-state index is 8.94. The van der Waals surface area contributed by atoms with Crippen molar-refractivity contribution in [1.82, 2.24) is 14.9 Å². The molecule has 1 aliphatic heterocycles. The van der Waals surface area contributed by atoms with Gasteiger partial charge in [-0.3, -0.25) is 4.90 Å². The van der Waals surface area contributed by atoms with E-state index >= 15 is 0 Å². The van der Waals surface area contributed by atoms with Crippen LogP contribution < -0.4 is 0 Å². The first kappa shape index (κ1) is 9.81. The molecule has 84 valence electrons. The first-order valence-electron chi connectivity index (χ1n) is 5.60. The van der Waals surface area contributed by atoms with E-state index in [0.29, 0.717) is 12.5 Å². The average molecular weight is 217 g/mol. The summed E-state index contributed by atoms with van der Waals surface area (Å²) in [5, 5.41) is 8.94. The van der Waals surface area contributed by atoms with Gasteiger partial charge in [0.2, 0.25) is 0 Å². The molecule has 0 unspecified atom stereocenters. The second-order valence-corrected chi connectivity index (χ2v) is 4.50. The first-order chi connectivity index (χ1) is 7.85. The summed E-state index contributed by atoms with van der Waals surface area (Å²) in [5.74, 6) is 0.482. The number of hydrogen-bond acceptors (Lipinski definition) is 3. The fraction of sp³-hybridized carbons (Fsp3) is 0.417. The molecule has 0 spiro atoms. The number of aromatic amines is 1. The summed E-state index contributed by atoms with van der Waals surface area (Å²) in [7, 11) is 0. The zero-order valence-corrected chi connectivity index (χ0v) is 9.06. The van der Waals surface area contributed by atoms with Gasteiger partial charge in [-0.15, -0.1) is 0 Å². The molecule has 16 heavy (non-hydrogen) atoms. The van der Waals surface area contributed by atoms with Gasteiger partial charge >= 0.3 is 0 Å². The summed E-state index contributed by atoms with van der Waals surface area (Å²) in [5.41, 5.74) is 3.41. The molecule has 0 aliphatic carbocycles. The molecule has 0 atom stereocenters. The van der Waals surface area contributed by atoms with Gasteiger partial charge < -0.3 is 10.1 Å². The number of H-pyrrole nitrogens is 1. The molecule has 1 saturated heterocycles. The van der Waals surface area contributed by atoms with E-state index in [2.05, 4.69) is 27.0 Å². The standard InChI is InChI=1S/C12H15N3O/c16-7-10-5-15(6-10)4-9-1-2-11-12(3-9)14-8-13-11/h1-3,8,10,16H,4-7H2,(H,13,14). The SMILES string of the molecule is OCC1CN(Cc2ccc3nc[nH]c3c2)C1. The number of nitrogens with zero attached hydrogens (tertiary/aromatic N) is 2. The van der Waals surface area contributed by atoms with Crippen LogP contribution in [0.25, 0.3) is 11.0 Å². The minimum atomic E-state index is 0.316. The molecule has 1 fully saturated rings. The van der Waals surface area contributed by atoms with Crippen molar-refractivity contribution in [1.29, 1.82) is 0 Å². The zero-order chi connectivity index (χ0) is 11.0. The van der Waals surface area contributed by atoms with Crippen LogP contribution in [0.15, 0.2) is 24.5 Å². The van der Waals surface area contributed by atoms with Crippen molar-refractivity contribution in [3.05, 3.63) is 30.1 Å². The maximum Gasteiger partial charge on any atom is 0.0931 e. The zero-order valence-electron chi connectivity index (χ0n) is 9.06. The van der Waals surface area contributed by atoms with Crippen LogP contribution in [-0.2, 0) is 6.54 Å². The van der Waals surface area contributed by atoms with Crippen LogP contribution in [0.2, 0.25) is 0 Å². The van der Waals surface area contributed by atoms with Gasteiger partial charge in [-0.25, -0.2) is 4.98 Å². The Balaban J connectivity index is 1.70. The quantitative estimate of drug-likeness (QED) is 0.806. The summed E-state index contributed by atoms with van der Waals surface area (Å²) in [6.45, 7) is 3.30. The molecule has 0 amide bonds. The summed E-state index contributed by atoms with van der Waals surface area (Å²) in [6.07, 6.45) is 1.72. The number of benzene rings is 1. The number of aromatic nitrogens is 2. The van der Waals surface area contributed by atoms with Crippen molar-refractivity contribution in [3.8, 4) is 0 Å². The van der Waals surface area contributed by atoms with Gasteiger partial charge in [-0.2, -0.15) is 0 Å². The minimum Gasteiger partial charge on any atom is -0.396 e. The predicted octanol–water partition coefficient (Wildman–Crippen LogP) is 0.987. The lowest BCUT2D eigenvalue weighted by molar-refractivity contribution is 0.0479.